The van der Waals surface area contributed by atoms with Crippen LogP contribution in [0, 0.1) is 0 Å². The molecule has 1 aromatic carbocycles. The minimum atomic E-state index is -4.72. The summed E-state index contributed by atoms with van der Waals surface area (Å²) < 4.78 is 79.2. The van der Waals surface area contributed by atoms with Crippen LogP contribution in [-0.4, -0.2) is 51.5 Å². The van der Waals surface area contributed by atoms with Gasteiger partial charge in [-0.2, -0.15) is 26.3 Å². The first-order valence-electron chi connectivity index (χ1n) is 9.62. The maximum atomic E-state index is 13.4. The number of para-hydroxylation sites is 2. The Hall–Kier alpha value is -3.31. The van der Waals surface area contributed by atoms with Gasteiger partial charge >= 0.3 is 12.4 Å². The first-order valence-corrected chi connectivity index (χ1v) is 9.62. The Kier molecular flexibility index (Phi) is 5.47. The van der Waals surface area contributed by atoms with Crippen LogP contribution in [-0.2, 0) is 23.7 Å². The van der Waals surface area contributed by atoms with Crippen LogP contribution >= 0.6 is 0 Å². The number of halogens is 6. The van der Waals surface area contributed by atoms with Crippen molar-refractivity contribution >= 4 is 22.8 Å². The molecule has 1 fully saturated rings. The van der Waals surface area contributed by atoms with E-state index in [1.54, 1.807) is 17.0 Å². The minimum Gasteiger partial charge on any atom is -0.353 e. The fourth-order valence-corrected chi connectivity index (χ4v) is 3.61. The van der Waals surface area contributed by atoms with E-state index in [2.05, 4.69) is 9.97 Å². The normalized spacial score (nSPS) is 15.4. The summed E-state index contributed by atoms with van der Waals surface area (Å²) in [6.45, 7) is 0.473. The second-order valence-corrected chi connectivity index (χ2v) is 7.28. The molecule has 0 bridgehead atoms. The molecule has 0 N–H and O–H groups in total. The number of hydrogen-bond donors (Lipinski definition) is 0. The number of alkyl halides is 6. The first kappa shape index (κ1) is 21.9. The van der Waals surface area contributed by atoms with E-state index in [-0.39, 0.29) is 24.1 Å². The average molecular weight is 457 g/mol. The molecule has 0 aliphatic carbocycles. The van der Waals surface area contributed by atoms with Gasteiger partial charge in [-0.1, -0.05) is 12.1 Å². The largest absolute Gasteiger partial charge is 0.449 e. The van der Waals surface area contributed by atoms with Crippen LogP contribution in [0.5, 0.6) is 0 Å². The predicted molar refractivity (Wildman–Crippen MR) is 103 cm³/mol. The van der Waals surface area contributed by atoms with Crippen molar-refractivity contribution in [3.63, 3.8) is 0 Å². The summed E-state index contributed by atoms with van der Waals surface area (Å²) in [6, 6.07) is 8.24. The van der Waals surface area contributed by atoms with Gasteiger partial charge in [0.2, 0.25) is 11.7 Å². The molecule has 0 unspecified atom stereocenters. The molecule has 2 aromatic heterocycles. The summed E-state index contributed by atoms with van der Waals surface area (Å²) in [5.41, 5.74) is -0.505. The second-order valence-electron chi connectivity index (χ2n) is 7.28. The zero-order chi connectivity index (χ0) is 23.1. The molecule has 0 spiro atoms. The van der Waals surface area contributed by atoms with Gasteiger partial charge < -0.3 is 14.4 Å². The lowest BCUT2D eigenvalue weighted by molar-refractivity contribution is -0.148. The Bertz CT molecular complexity index is 1110. The lowest BCUT2D eigenvalue weighted by atomic mass is 10.2. The van der Waals surface area contributed by atoms with E-state index >= 15 is 0 Å². The lowest BCUT2D eigenvalue weighted by Gasteiger charge is -2.35. The maximum absolute atomic E-state index is 13.4. The van der Waals surface area contributed by atoms with Crippen LogP contribution in [0.1, 0.15) is 11.4 Å². The third kappa shape index (κ3) is 4.34. The monoisotopic (exact) mass is 457 g/mol. The van der Waals surface area contributed by atoms with Gasteiger partial charge in [0, 0.05) is 32.4 Å². The highest BCUT2D eigenvalue weighted by atomic mass is 19.4. The van der Waals surface area contributed by atoms with Crippen molar-refractivity contribution in [2.75, 3.05) is 31.1 Å². The van der Waals surface area contributed by atoms with Crippen molar-refractivity contribution in [2.45, 2.75) is 18.9 Å². The Morgan fingerprint density at radius 2 is 1.59 bits per heavy atom. The fraction of sp³-hybridized carbons (Fsp3) is 0.350. The van der Waals surface area contributed by atoms with E-state index < -0.39 is 36.2 Å². The number of hydrogen-bond acceptors (Lipinski definition) is 4. The van der Waals surface area contributed by atoms with Gasteiger partial charge in [0.05, 0.1) is 16.6 Å². The van der Waals surface area contributed by atoms with Gasteiger partial charge in [-0.25, -0.2) is 9.97 Å². The number of rotatable bonds is 3. The van der Waals surface area contributed by atoms with Crippen LogP contribution < -0.4 is 4.90 Å². The summed E-state index contributed by atoms with van der Waals surface area (Å²) in [6.07, 6.45) is -8.45. The quantitative estimate of drug-likeness (QED) is 0.562. The van der Waals surface area contributed by atoms with Crippen molar-refractivity contribution in [1.82, 2.24) is 19.4 Å². The number of carbonyl (C=O) groups excluding carboxylic acids is 1. The number of pyridine rings is 1. The Labute approximate surface area is 178 Å². The SMILES string of the molecule is O=C(Cn1c(C(F)(F)F)nc2ccccc21)N1CCN(c2ccc(C(F)(F)F)cn2)CC1. The molecule has 1 aliphatic heterocycles. The summed E-state index contributed by atoms with van der Waals surface area (Å²) in [7, 11) is 0. The van der Waals surface area contributed by atoms with Crippen LogP contribution in [0.15, 0.2) is 42.6 Å². The molecule has 0 radical (unpaired) electrons. The molecule has 1 amide bonds. The number of benzene rings is 1. The van der Waals surface area contributed by atoms with Crippen molar-refractivity contribution in [1.29, 1.82) is 0 Å². The molecule has 0 atom stereocenters. The van der Waals surface area contributed by atoms with Gasteiger partial charge in [-0.05, 0) is 24.3 Å². The van der Waals surface area contributed by atoms with E-state index in [1.807, 2.05) is 0 Å². The third-order valence-corrected chi connectivity index (χ3v) is 5.23. The van der Waals surface area contributed by atoms with E-state index in [0.717, 1.165) is 16.8 Å². The number of piperazine rings is 1. The molecule has 4 rings (SSSR count). The number of imidazole rings is 1. The zero-order valence-electron chi connectivity index (χ0n) is 16.5. The van der Waals surface area contributed by atoms with Crippen LogP contribution in [0.25, 0.3) is 11.0 Å². The molecule has 170 valence electrons. The highest BCUT2D eigenvalue weighted by molar-refractivity contribution is 5.81. The van der Waals surface area contributed by atoms with E-state index in [4.69, 9.17) is 0 Å². The molecule has 6 nitrogen and oxygen atoms in total. The van der Waals surface area contributed by atoms with Gasteiger partial charge in [-0.3, -0.25) is 4.79 Å². The maximum Gasteiger partial charge on any atom is 0.449 e. The fourth-order valence-electron chi connectivity index (χ4n) is 3.61. The van der Waals surface area contributed by atoms with E-state index in [9.17, 15) is 31.1 Å². The van der Waals surface area contributed by atoms with Crippen LogP contribution in [0.4, 0.5) is 32.2 Å². The number of anilines is 1. The summed E-state index contributed by atoms with van der Waals surface area (Å²) in [5, 5.41) is 0. The zero-order valence-corrected chi connectivity index (χ0v) is 16.5. The highest BCUT2D eigenvalue weighted by Gasteiger charge is 2.38. The molecule has 1 saturated heterocycles. The number of aromatic nitrogens is 3. The smallest absolute Gasteiger partial charge is 0.353 e. The van der Waals surface area contributed by atoms with E-state index in [1.165, 1.54) is 23.1 Å². The Morgan fingerprint density at radius 3 is 2.19 bits per heavy atom. The molecule has 0 saturated carbocycles. The molecule has 12 heteroatoms. The molecular weight excluding hydrogens is 440 g/mol. The molecule has 3 aromatic rings. The van der Waals surface area contributed by atoms with Crippen LogP contribution in [0.3, 0.4) is 0 Å². The Balaban J connectivity index is 1.45. The number of carbonyl (C=O) groups is 1. The van der Waals surface area contributed by atoms with Crippen molar-refractivity contribution in [2.24, 2.45) is 0 Å². The minimum absolute atomic E-state index is 0.144. The van der Waals surface area contributed by atoms with E-state index in [0.29, 0.717) is 18.9 Å². The molecular formula is C20H17F6N5O. The lowest BCUT2D eigenvalue weighted by Crippen LogP contribution is -2.50. The van der Waals surface area contributed by atoms with Crippen LogP contribution in [0.2, 0.25) is 0 Å². The molecule has 3 heterocycles. The number of fused-ring (bicyclic) bond motifs is 1. The van der Waals surface area contributed by atoms with Gasteiger partial charge in [0.15, 0.2) is 0 Å². The van der Waals surface area contributed by atoms with Crippen molar-refractivity contribution < 1.29 is 31.1 Å². The number of nitrogens with zero attached hydrogens (tertiary/aromatic N) is 5. The first-order chi connectivity index (χ1) is 15.0. The topological polar surface area (TPSA) is 54.3 Å². The standard InChI is InChI=1S/C20H17F6N5O/c21-19(22,23)13-5-6-16(27-11-13)29-7-9-30(10-8-29)17(32)12-31-15-4-2-1-3-14(15)28-18(31)20(24,25)26/h1-6,11H,7-10,12H2. The Morgan fingerprint density at radius 1 is 0.906 bits per heavy atom. The summed E-state index contributed by atoms with van der Waals surface area (Å²) >= 11 is 0. The second kappa shape index (κ2) is 7.99. The average Bonchev–Trinajstić information content (AvgIpc) is 3.12. The van der Waals surface area contributed by atoms with Gasteiger partial charge in [0.25, 0.3) is 0 Å². The summed E-state index contributed by atoms with van der Waals surface area (Å²) in [5.74, 6) is -1.30. The third-order valence-electron chi connectivity index (χ3n) is 5.23. The van der Waals surface area contributed by atoms with Gasteiger partial charge in [-0.15, -0.1) is 0 Å². The van der Waals surface area contributed by atoms with Gasteiger partial charge in [0.1, 0.15) is 12.4 Å². The summed E-state index contributed by atoms with van der Waals surface area (Å²) in [4.78, 5) is 23.3. The number of amides is 1. The highest BCUT2D eigenvalue weighted by Crippen LogP contribution is 2.32. The van der Waals surface area contributed by atoms with Crippen molar-refractivity contribution in [3.8, 4) is 0 Å². The predicted octanol–water partition coefficient (Wildman–Crippen LogP) is 3.82. The molecule has 1 aliphatic rings. The van der Waals surface area contributed by atoms with Crippen molar-refractivity contribution in [3.05, 3.63) is 54.0 Å². The molecule has 32 heavy (non-hydrogen) atoms.